The van der Waals surface area contributed by atoms with Gasteiger partial charge in [-0.1, -0.05) is 6.07 Å². The highest BCUT2D eigenvalue weighted by Gasteiger charge is 2.38. The van der Waals surface area contributed by atoms with Gasteiger partial charge in [-0.3, -0.25) is 0 Å². The van der Waals surface area contributed by atoms with Crippen molar-refractivity contribution in [2.75, 3.05) is 31.1 Å². The summed E-state index contributed by atoms with van der Waals surface area (Å²) in [5.41, 5.74) is 0. The second-order valence-corrected chi connectivity index (χ2v) is 3.15. The number of hydrogen-bond donors (Lipinski definition) is 0. The zero-order valence-electron chi connectivity index (χ0n) is 8.14. The van der Waals surface area contributed by atoms with Crippen LogP contribution < -0.4 is 14.6 Å². The molecule has 4 heteroatoms. The van der Waals surface area contributed by atoms with Gasteiger partial charge < -0.3 is 4.74 Å². The average molecular weight is 180 g/mol. The Morgan fingerprint density at radius 3 is 2.77 bits per heavy atom. The highest BCUT2D eigenvalue weighted by atomic mass is 16.5. The summed E-state index contributed by atoms with van der Waals surface area (Å²) in [5, 5.41) is 2.04. The highest BCUT2D eigenvalue weighted by molar-refractivity contribution is 5.35. The van der Waals surface area contributed by atoms with Crippen LogP contribution >= 0.6 is 0 Å². The molecular weight excluding hydrogens is 166 g/mol. The number of anilines is 1. The fourth-order valence-corrected chi connectivity index (χ4v) is 1.75. The molecule has 70 valence electrons. The second-order valence-electron chi connectivity index (χ2n) is 3.15. The number of nitrogens with zero attached hydrogens (tertiary/aromatic N) is 3. The Balaban J connectivity index is 2.44. The largest absolute Gasteiger partial charge is 0.324 e. The predicted molar refractivity (Wildman–Crippen MR) is 50.0 cm³/mol. The van der Waals surface area contributed by atoms with E-state index >= 15 is 0 Å². The van der Waals surface area contributed by atoms with Crippen LogP contribution in [0.25, 0.3) is 0 Å². The lowest BCUT2D eigenvalue weighted by molar-refractivity contribution is -0.673. The second kappa shape index (κ2) is 2.88. The van der Waals surface area contributed by atoms with Crippen LogP contribution in [-0.2, 0) is 4.74 Å². The van der Waals surface area contributed by atoms with E-state index in [0.29, 0.717) is 0 Å². The molecule has 2 heterocycles. The van der Waals surface area contributed by atoms with Crippen molar-refractivity contribution in [2.24, 2.45) is 0 Å². The Labute approximate surface area is 77.9 Å². The molecule has 0 amide bonds. The minimum Gasteiger partial charge on any atom is -0.324 e. The molecule has 0 N–H and O–H groups in total. The average Bonchev–Trinajstić information content (AvgIpc) is 2.41. The fraction of sp³-hybridized carbons (Fsp3) is 0.444. The van der Waals surface area contributed by atoms with Crippen LogP contribution in [0.2, 0.25) is 0 Å². The van der Waals surface area contributed by atoms with Crippen molar-refractivity contribution in [1.82, 2.24) is 0 Å². The monoisotopic (exact) mass is 180 g/mol. The Bertz CT molecular complexity index is 286. The van der Waals surface area contributed by atoms with Crippen molar-refractivity contribution in [2.45, 2.75) is 6.35 Å². The van der Waals surface area contributed by atoms with E-state index in [-0.39, 0.29) is 6.35 Å². The van der Waals surface area contributed by atoms with Gasteiger partial charge in [-0.05, 0) is 6.07 Å². The predicted octanol–water partition coefficient (Wildman–Crippen LogP) is -0.0783. The standard InChI is InChI=1S/C9H14N3O/c1-10-8-6-4-5-7-12(8)11(2)9(10)13-3/h4-7,9H,1-3H3/q+1. The van der Waals surface area contributed by atoms with Gasteiger partial charge in [0.2, 0.25) is 0 Å². The van der Waals surface area contributed by atoms with Crippen LogP contribution in [0.15, 0.2) is 24.4 Å². The van der Waals surface area contributed by atoms with Gasteiger partial charge >= 0.3 is 12.2 Å². The van der Waals surface area contributed by atoms with Crippen LogP contribution in [-0.4, -0.2) is 27.6 Å². The van der Waals surface area contributed by atoms with Crippen LogP contribution in [0.3, 0.4) is 0 Å². The lowest BCUT2D eigenvalue weighted by Gasteiger charge is -2.16. The van der Waals surface area contributed by atoms with Crippen LogP contribution in [0.5, 0.6) is 0 Å². The first-order valence-electron chi connectivity index (χ1n) is 4.25. The third-order valence-electron chi connectivity index (χ3n) is 2.38. The number of fused-ring (bicyclic) bond motifs is 1. The van der Waals surface area contributed by atoms with E-state index in [1.165, 1.54) is 0 Å². The van der Waals surface area contributed by atoms with E-state index in [4.69, 9.17) is 4.74 Å². The molecule has 1 aliphatic rings. The van der Waals surface area contributed by atoms with Crippen molar-refractivity contribution in [3.8, 4) is 0 Å². The molecule has 4 nitrogen and oxygen atoms in total. The van der Waals surface area contributed by atoms with Gasteiger partial charge in [-0.15, -0.1) is 4.68 Å². The summed E-state index contributed by atoms with van der Waals surface area (Å²) in [7, 11) is 5.73. The summed E-state index contributed by atoms with van der Waals surface area (Å²) >= 11 is 0. The smallest absolute Gasteiger partial charge is 0.309 e. The van der Waals surface area contributed by atoms with Crippen molar-refractivity contribution in [3.05, 3.63) is 24.4 Å². The molecule has 1 atom stereocenters. The molecule has 0 spiro atoms. The fourth-order valence-electron chi connectivity index (χ4n) is 1.75. The Morgan fingerprint density at radius 2 is 2.15 bits per heavy atom. The minimum absolute atomic E-state index is 0.0117. The number of methoxy groups -OCH3 is 1. The quantitative estimate of drug-likeness (QED) is 0.564. The molecular formula is C9H14N3O+. The maximum atomic E-state index is 5.35. The summed E-state index contributed by atoms with van der Waals surface area (Å²) in [6.07, 6.45) is 2.01. The normalized spacial score (nSPS) is 20.7. The Hall–Kier alpha value is -1.29. The molecule has 0 aromatic carbocycles. The van der Waals surface area contributed by atoms with Gasteiger partial charge in [0.05, 0.1) is 7.05 Å². The summed E-state index contributed by atoms with van der Waals surface area (Å²) in [4.78, 5) is 2.08. The van der Waals surface area contributed by atoms with E-state index < -0.39 is 0 Å². The number of aromatic nitrogens is 1. The van der Waals surface area contributed by atoms with Crippen molar-refractivity contribution < 1.29 is 9.41 Å². The zero-order valence-corrected chi connectivity index (χ0v) is 8.14. The third-order valence-corrected chi connectivity index (χ3v) is 2.38. The first kappa shape index (κ1) is 8.31. The van der Waals surface area contributed by atoms with Crippen molar-refractivity contribution in [1.29, 1.82) is 0 Å². The molecule has 1 unspecified atom stereocenters. The SMILES string of the molecule is COC1N(C)c2cccc[n+]2N1C. The van der Waals surface area contributed by atoms with Crippen LogP contribution in [0.4, 0.5) is 5.82 Å². The number of rotatable bonds is 1. The summed E-state index contributed by atoms with van der Waals surface area (Å²) in [6.45, 7) is 0. The molecule has 1 aromatic rings. The molecule has 0 bridgehead atoms. The Morgan fingerprint density at radius 1 is 1.38 bits per heavy atom. The molecule has 0 saturated carbocycles. The van der Waals surface area contributed by atoms with Crippen LogP contribution in [0, 0.1) is 0 Å². The lowest BCUT2D eigenvalue weighted by atomic mass is 10.4. The van der Waals surface area contributed by atoms with E-state index in [1.807, 2.05) is 37.4 Å². The van der Waals surface area contributed by atoms with E-state index in [2.05, 4.69) is 15.6 Å². The maximum absolute atomic E-state index is 5.35. The number of ether oxygens (including phenoxy) is 1. The van der Waals surface area contributed by atoms with Crippen molar-refractivity contribution in [3.63, 3.8) is 0 Å². The summed E-state index contributed by atoms with van der Waals surface area (Å²) in [6, 6.07) is 6.09. The highest BCUT2D eigenvalue weighted by Crippen LogP contribution is 2.16. The third kappa shape index (κ3) is 1.06. The molecule has 13 heavy (non-hydrogen) atoms. The first-order chi connectivity index (χ1) is 6.25. The lowest BCUT2D eigenvalue weighted by Crippen LogP contribution is -2.56. The Kier molecular flexibility index (Phi) is 1.84. The summed E-state index contributed by atoms with van der Waals surface area (Å²) in [5.74, 6) is 1.14. The molecule has 0 aliphatic carbocycles. The van der Waals surface area contributed by atoms with E-state index in [0.717, 1.165) is 5.82 Å². The molecule has 2 rings (SSSR count). The molecule has 1 aliphatic heterocycles. The van der Waals surface area contributed by atoms with Gasteiger partial charge in [0, 0.05) is 20.2 Å². The topological polar surface area (TPSA) is 19.6 Å². The van der Waals surface area contributed by atoms with Gasteiger partial charge in [-0.25, -0.2) is 4.90 Å². The van der Waals surface area contributed by atoms with Gasteiger partial charge in [0.1, 0.15) is 6.20 Å². The van der Waals surface area contributed by atoms with Crippen LogP contribution in [0.1, 0.15) is 0 Å². The number of pyridine rings is 1. The van der Waals surface area contributed by atoms with Crippen molar-refractivity contribution >= 4 is 5.82 Å². The number of hydrogen-bond acceptors (Lipinski definition) is 3. The molecule has 0 saturated heterocycles. The molecule has 0 radical (unpaired) electrons. The van der Waals surface area contributed by atoms with Gasteiger partial charge in [-0.2, -0.15) is 5.01 Å². The molecule has 1 aromatic heterocycles. The van der Waals surface area contributed by atoms with E-state index in [9.17, 15) is 0 Å². The molecule has 0 fully saturated rings. The maximum Gasteiger partial charge on any atom is 0.309 e. The van der Waals surface area contributed by atoms with E-state index in [1.54, 1.807) is 7.11 Å². The first-order valence-corrected chi connectivity index (χ1v) is 4.25. The van der Waals surface area contributed by atoms with Gasteiger partial charge in [0.25, 0.3) is 0 Å². The van der Waals surface area contributed by atoms with Gasteiger partial charge in [0.15, 0.2) is 0 Å². The summed E-state index contributed by atoms with van der Waals surface area (Å²) < 4.78 is 7.41. The minimum atomic E-state index is -0.0117. The zero-order chi connectivity index (χ0) is 9.42.